The topological polar surface area (TPSA) is 84.0 Å². The van der Waals surface area contributed by atoms with Gasteiger partial charge in [0.05, 0.1) is 16.2 Å². The van der Waals surface area contributed by atoms with Gasteiger partial charge in [0.1, 0.15) is 5.82 Å². The number of benzene rings is 2. The summed E-state index contributed by atoms with van der Waals surface area (Å²) in [4.78, 5) is 32.5. The van der Waals surface area contributed by atoms with E-state index in [0.717, 1.165) is 78.5 Å². The van der Waals surface area contributed by atoms with Crippen LogP contribution in [0.4, 0.5) is 18.0 Å². The van der Waals surface area contributed by atoms with Crippen molar-refractivity contribution in [2.45, 2.75) is 50.9 Å². The molecule has 2 aromatic carbocycles. The molecule has 1 aliphatic carbocycles. The third-order valence-corrected chi connectivity index (χ3v) is 7.90. The number of rotatable bonds is 7. The van der Waals surface area contributed by atoms with Crippen LogP contribution in [0.2, 0.25) is 0 Å². The maximum absolute atomic E-state index is 13.0. The lowest BCUT2D eigenvalue weighted by molar-refractivity contribution is -0.137. The molecule has 0 bridgehead atoms. The predicted octanol–water partition coefficient (Wildman–Crippen LogP) is 6.38. The molecule has 1 saturated carbocycles. The van der Waals surface area contributed by atoms with Crippen molar-refractivity contribution in [3.05, 3.63) is 88.3 Å². The Labute approximate surface area is 228 Å². The van der Waals surface area contributed by atoms with Gasteiger partial charge in [-0.25, -0.2) is 9.97 Å². The first-order chi connectivity index (χ1) is 18.7. The van der Waals surface area contributed by atoms with E-state index < -0.39 is 17.6 Å². The van der Waals surface area contributed by atoms with E-state index in [0.29, 0.717) is 29.1 Å². The van der Waals surface area contributed by atoms with Crippen LogP contribution in [-0.2, 0) is 23.9 Å². The van der Waals surface area contributed by atoms with Crippen molar-refractivity contribution >= 4 is 29.0 Å². The summed E-state index contributed by atoms with van der Waals surface area (Å²) in [5.41, 5.74) is 2.70. The second-order valence-corrected chi connectivity index (χ2v) is 10.8. The molecule has 2 N–H and O–H groups in total. The van der Waals surface area contributed by atoms with Crippen molar-refractivity contribution in [3.8, 4) is 11.1 Å². The molecule has 2 fully saturated rings. The van der Waals surface area contributed by atoms with Crippen LogP contribution < -0.4 is 10.6 Å². The van der Waals surface area contributed by atoms with Crippen molar-refractivity contribution in [3.63, 3.8) is 0 Å². The van der Waals surface area contributed by atoms with Gasteiger partial charge in [0.2, 0.25) is 0 Å². The van der Waals surface area contributed by atoms with Crippen LogP contribution in [0.1, 0.15) is 48.3 Å². The number of nitrogens with zero attached hydrogens (tertiary/aromatic N) is 2. The summed E-state index contributed by atoms with van der Waals surface area (Å²) in [6.45, 7) is 0.639. The first-order valence-electron chi connectivity index (χ1n) is 12.8. The molecule has 1 aromatic heterocycles. The summed E-state index contributed by atoms with van der Waals surface area (Å²) in [5, 5.41) is 5.50. The second kappa shape index (κ2) is 11.7. The number of hydrogen-bond acceptors (Lipinski definition) is 6. The first kappa shape index (κ1) is 27.1. The summed E-state index contributed by atoms with van der Waals surface area (Å²) < 4.78 is 38.9. The van der Waals surface area contributed by atoms with E-state index in [1.807, 2.05) is 24.3 Å². The molecule has 6 nitrogen and oxygen atoms in total. The molecule has 10 heteroatoms. The van der Waals surface area contributed by atoms with Crippen molar-refractivity contribution in [1.29, 1.82) is 0 Å². The van der Waals surface area contributed by atoms with Gasteiger partial charge in [0, 0.05) is 25.2 Å². The monoisotopic (exact) mass is 552 g/mol. The van der Waals surface area contributed by atoms with Crippen molar-refractivity contribution in [2.75, 3.05) is 0 Å². The first-order valence-corrected chi connectivity index (χ1v) is 13.6. The lowest BCUT2D eigenvalue weighted by Crippen LogP contribution is -2.33. The number of thioether (sulfide) groups is 1. The highest BCUT2D eigenvalue weighted by Crippen LogP contribution is 2.32. The molecule has 202 valence electrons. The van der Waals surface area contributed by atoms with Crippen LogP contribution in [0.25, 0.3) is 17.2 Å². The second-order valence-electron chi connectivity index (χ2n) is 9.78. The van der Waals surface area contributed by atoms with Gasteiger partial charge in [-0.15, -0.1) is 0 Å². The third kappa shape index (κ3) is 6.93. The zero-order valence-electron chi connectivity index (χ0n) is 21.0. The van der Waals surface area contributed by atoms with Gasteiger partial charge < -0.3 is 5.32 Å². The average Bonchev–Trinajstić information content (AvgIpc) is 3.24. The molecule has 39 heavy (non-hydrogen) atoms. The van der Waals surface area contributed by atoms with E-state index in [1.54, 1.807) is 18.3 Å². The number of imide groups is 1. The third-order valence-electron chi connectivity index (χ3n) is 7.09. The molecular weight excluding hydrogens is 525 g/mol. The van der Waals surface area contributed by atoms with E-state index in [9.17, 15) is 22.8 Å². The summed E-state index contributed by atoms with van der Waals surface area (Å²) in [7, 11) is 0. The fraction of sp³-hybridized carbons (Fsp3) is 0.310. The number of hydrogen-bond donors (Lipinski definition) is 2. The molecule has 0 atom stereocenters. The predicted molar refractivity (Wildman–Crippen MR) is 144 cm³/mol. The fourth-order valence-electron chi connectivity index (χ4n) is 5.03. The fourth-order valence-corrected chi connectivity index (χ4v) is 5.69. The molecule has 2 amide bonds. The van der Waals surface area contributed by atoms with Crippen LogP contribution in [0.5, 0.6) is 0 Å². The number of amides is 2. The number of aromatic nitrogens is 2. The minimum atomic E-state index is -4.35. The van der Waals surface area contributed by atoms with Gasteiger partial charge in [-0.2, -0.15) is 13.2 Å². The number of alkyl halides is 3. The Morgan fingerprint density at radius 2 is 1.74 bits per heavy atom. The summed E-state index contributed by atoms with van der Waals surface area (Å²) in [5.74, 6) is 0.773. The zero-order valence-corrected chi connectivity index (χ0v) is 21.8. The van der Waals surface area contributed by atoms with E-state index >= 15 is 0 Å². The standard InChI is InChI=1S/C29H27F3N4O2S/c30-29(31,32)21-9-7-19(8-10-21)24-4-2-1-3-20(24)17-34-22-11-5-18(6-12-22)15-26-33-14-13-23(35-26)16-25-27(37)36-28(38)39-25/h1-4,7-10,13-14,16,18,22,34H,5-6,11-12,15,17H2,(H,36,37,38)/b25-16-. The molecule has 3 aromatic rings. The maximum Gasteiger partial charge on any atom is 0.416 e. The van der Waals surface area contributed by atoms with Crippen molar-refractivity contribution < 1.29 is 22.8 Å². The van der Waals surface area contributed by atoms with Crippen LogP contribution in [0, 0.1) is 5.92 Å². The molecule has 1 saturated heterocycles. The molecule has 0 spiro atoms. The maximum atomic E-state index is 13.0. The highest BCUT2D eigenvalue weighted by molar-refractivity contribution is 8.18. The smallest absolute Gasteiger partial charge is 0.310 e. The van der Waals surface area contributed by atoms with Crippen LogP contribution in [0.15, 0.2) is 65.7 Å². The van der Waals surface area contributed by atoms with Gasteiger partial charge in [0.25, 0.3) is 11.1 Å². The van der Waals surface area contributed by atoms with Gasteiger partial charge in [0.15, 0.2) is 0 Å². The highest BCUT2D eigenvalue weighted by Gasteiger charge is 2.30. The number of carbonyl (C=O) groups excluding carboxylic acids is 2. The summed E-state index contributed by atoms with van der Waals surface area (Å²) in [6, 6.07) is 15.2. The Bertz CT molecular complexity index is 1380. The van der Waals surface area contributed by atoms with Gasteiger partial charge in [-0.3, -0.25) is 14.9 Å². The number of nitrogens with one attached hydrogen (secondary N) is 2. The Morgan fingerprint density at radius 3 is 2.44 bits per heavy atom. The minimum Gasteiger partial charge on any atom is -0.310 e. The van der Waals surface area contributed by atoms with Crippen molar-refractivity contribution in [2.24, 2.45) is 5.92 Å². The molecular formula is C29H27F3N4O2S. The number of halogens is 3. The molecule has 2 heterocycles. The normalized spacial score (nSPS) is 20.8. The molecule has 0 unspecified atom stereocenters. The number of carbonyl (C=O) groups is 2. The minimum absolute atomic E-state index is 0.330. The Balaban J connectivity index is 1.14. The quantitative estimate of drug-likeness (QED) is 0.331. The van der Waals surface area contributed by atoms with E-state index in [2.05, 4.69) is 20.6 Å². The van der Waals surface area contributed by atoms with E-state index in [-0.39, 0.29) is 5.24 Å². The highest BCUT2D eigenvalue weighted by atomic mass is 32.2. The average molecular weight is 553 g/mol. The van der Waals surface area contributed by atoms with Gasteiger partial charge in [-0.1, -0.05) is 36.4 Å². The zero-order chi connectivity index (χ0) is 27.4. The Kier molecular flexibility index (Phi) is 8.13. The largest absolute Gasteiger partial charge is 0.416 e. The molecule has 2 aliphatic rings. The van der Waals surface area contributed by atoms with Crippen LogP contribution in [-0.4, -0.2) is 27.2 Å². The van der Waals surface area contributed by atoms with E-state index in [4.69, 9.17) is 0 Å². The Hall–Kier alpha value is -3.50. The van der Waals surface area contributed by atoms with Crippen molar-refractivity contribution in [1.82, 2.24) is 20.6 Å². The lowest BCUT2D eigenvalue weighted by atomic mass is 9.84. The van der Waals surface area contributed by atoms with Gasteiger partial charge in [-0.05, 0) is 84.3 Å². The van der Waals surface area contributed by atoms with Crippen LogP contribution in [0.3, 0.4) is 0 Å². The van der Waals surface area contributed by atoms with E-state index in [1.165, 1.54) is 12.1 Å². The van der Waals surface area contributed by atoms with Gasteiger partial charge >= 0.3 is 6.18 Å². The lowest BCUT2D eigenvalue weighted by Gasteiger charge is -2.29. The summed E-state index contributed by atoms with van der Waals surface area (Å²) >= 11 is 0.867. The molecule has 0 radical (unpaired) electrons. The van der Waals surface area contributed by atoms with Crippen LogP contribution >= 0.6 is 11.8 Å². The SMILES string of the molecule is O=C1NC(=O)/C(=C/c2ccnc(CC3CCC(NCc4ccccc4-c4ccc(C(F)(F)F)cc4)CC3)n2)S1. The molecule has 5 rings (SSSR count). The Morgan fingerprint density at radius 1 is 1.00 bits per heavy atom. The molecule has 1 aliphatic heterocycles. The summed E-state index contributed by atoms with van der Waals surface area (Å²) in [6.07, 6.45) is 3.76.